The third-order valence-electron chi connectivity index (χ3n) is 1.05. The summed E-state index contributed by atoms with van der Waals surface area (Å²) >= 11 is 0. The highest BCUT2D eigenvalue weighted by Gasteiger charge is 1.98. The lowest BCUT2D eigenvalue weighted by Gasteiger charge is -2.12. The summed E-state index contributed by atoms with van der Waals surface area (Å²) in [5, 5.41) is 8.81. The van der Waals surface area contributed by atoms with Crippen molar-refractivity contribution in [1.29, 1.82) is 0 Å². The van der Waals surface area contributed by atoms with Crippen molar-refractivity contribution >= 4 is 0 Å². The van der Waals surface area contributed by atoms with E-state index >= 15 is 0 Å². The fourth-order valence-corrected chi connectivity index (χ4v) is 0.439. The minimum atomic E-state index is -0.806. The summed E-state index contributed by atoms with van der Waals surface area (Å²) in [6.07, 6.45) is -0.806. The summed E-state index contributed by atoms with van der Waals surface area (Å²) in [5.74, 6) is 0. The van der Waals surface area contributed by atoms with Crippen LogP contribution in [0.3, 0.4) is 0 Å². The number of aliphatic hydroxyl groups excluding tert-OH is 1. The molecule has 3 N–H and O–H groups in total. The van der Waals surface area contributed by atoms with Crippen LogP contribution in [0.15, 0.2) is 0 Å². The summed E-state index contributed by atoms with van der Waals surface area (Å²) in [7, 11) is 3.89. The van der Waals surface area contributed by atoms with E-state index in [1.165, 1.54) is 0 Å². The van der Waals surface area contributed by atoms with Crippen LogP contribution < -0.4 is 5.73 Å². The van der Waals surface area contributed by atoms with E-state index < -0.39 is 6.29 Å². The SMILES string of the molecule is CN(C)CCOC(O)CN. The predicted molar refractivity (Wildman–Crippen MR) is 39.6 cm³/mol. The molecule has 1 unspecified atom stereocenters. The Kier molecular flexibility index (Phi) is 5.52. The first-order valence-electron chi connectivity index (χ1n) is 3.31. The van der Waals surface area contributed by atoms with Crippen molar-refractivity contribution in [3.63, 3.8) is 0 Å². The van der Waals surface area contributed by atoms with Crippen LogP contribution in [0.2, 0.25) is 0 Å². The van der Waals surface area contributed by atoms with E-state index in [1.807, 2.05) is 19.0 Å². The number of hydrogen-bond donors (Lipinski definition) is 2. The third-order valence-corrected chi connectivity index (χ3v) is 1.05. The molecular formula is C6H16N2O2. The van der Waals surface area contributed by atoms with E-state index in [4.69, 9.17) is 15.6 Å². The maximum absolute atomic E-state index is 8.81. The first-order valence-corrected chi connectivity index (χ1v) is 3.31. The van der Waals surface area contributed by atoms with Crippen molar-refractivity contribution < 1.29 is 9.84 Å². The molecule has 0 radical (unpaired) electrons. The van der Waals surface area contributed by atoms with Crippen molar-refractivity contribution in [3.05, 3.63) is 0 Å². The summed E-state index contributed by atoms with van der Waals surface area (Å²) in [6, 6.07) is 0. The smallest absolute Gasteiger partial charge is 0.166 e. The number of nitrogens with zero attached hydrogens (tertiary/aromatic N) is 1. The maximum atomic E-state index is 8.81. The molecule has 0 aromatic rings. The molecule has 0 aliphatic rings. The van der Waals surface area contributed by atoms with E-state index in [9.17, 15) is 0 Å². The Morgan fingerprint density at radius 1 is 1.60 bits per heavy atom. The van der Waals surface area contributed by atoms with Gasteiger partial charge < -0.3 is 20.5 Å². The van der Waals surface area contributed by atoms with Crippen LogP contribution in [0, 0.1) is 0 Å². The Hall–Kier alpha value is -0.160. The molecule has 0 aromatic heterocycles. The average molecular weight is 148 g/mol. The van der Waals surface area contributed by atoms with Crippen LogP contribution in [0.4, 0.5) is 0 Å². The van der Waals surface area contributed by atoms with Crippen LogP contribution in [-0.2, 0) is 4.74 Å². The first-order chi connectivity index (χ1) is 4.66. The zero-order valence-corrected chi connectivity index (χ0v) is 6.58. The molecule has 4 nitrogen and oxygen atoms in total. The van der Waals surface area contributed by atoms with Crippen LogP contribution in [0.5, 0.6) is 0 Å². The molecule has 62 valence electrons. The first kappa shape index (κ1) is 9.84. The Balaban J connectivity index is 3.03. The molecular weight excluding hydrogens is 132 g/mol. The Labute approximate surface area is 61.6 Å². The van der Waals surface area contributed by atoms with Gasteiger partial charge in [-0.1, -0.05) is 0 Å². The van der Waals surface area contributed by atoms with Gasteiger partial charge in [0.05, 0.1) is 6.61 Å². The Bertz CT molecular complexity index is 78.1. The highest BCUT2D eigenvalue weighted by Crippen LogP contribution is 1.83. The molecule has 0 aliphatic carbocycles. The van der Waals surface area contributed by atoms with E-state index in [0.717, 1.165) is 6.54 Å². The Morgan fingerprint density at radius 3 is 2.60 bits per heavy atom. The average Bonchev–Trinajstić information content (AvgIpc) is 1.87. The van der Waals surface area contributed by atoms with Gasteiger partial charge in [0, 0.05) is 13.1 Å². The molecule has 0 aliphatic heterocycles. The summed E-state index contributed by atoms with van der Waals surface area (Å²) < 4.78 is 4.89. The number of rotatable bonds is 5. The summed E-state index contributed by atoms with van der Waals surface area (Å²) in [5.41, 5.74) is 5.10. The van der Waals surface area contributed by atoms with Crippen molar-refractivity contribution in [3.8, 4) is 0 Å². The van der Waals surface area contributed by atoms with E-state index in [0.29, 0.717) is 6.61 Å². The van der Waals surface area contributed by atoms with Crippen molar-refractivity contribution in [2.24, 2.45) is 5.73 Å². The molecule has 0 heterocycles. The number of likely N-dealkylation sites (N-methyl/N-ethyl adjacent to an activating group) is 1. The molecule has 1 atom stereocenters. The van der Waals surface area contributed by atoms with Gasteiger partial charge in [-0.05, 0) is 14.1 Å². The number of nitrogens with two attached hydrogens (primary N) is 1. The predicted octanol–water partition coefficient (Wildman–Crippen LogP) is -1.16. The molecule has 0 spiro atoms. The van der Waals surface area contributed by atoms with Gasteiger partial charge in [-0.2, -0.15) is 0 Å². The van der Waals surface area contributed by atoms with E-state index in [1.54, 1.807) is 0 Å². The largest absolute Gasteiger partial charge is 0.367 e. The van der Waals surface area contributed by atoms with Gasteiger partial charge in [-0.25, -0.2) is 0 Å². The molecule has 0 aromatic carbocycles. The second kappa shape index (κ2) is 5.61. The second-order valence-electron chi connectivity index (χ2n) is 2.36. The minimum Gasteiger partial charge on any atom is -0.367 e. The normalized spacial score (nSPS) is 14.1. The zero-order chi connectivity index (χ0) is 7.98. The van der Waals surface area contributed by atoms with E-state index in [2.05, 4.69) is 0 Å². The standard InChI is InChI=1S/C6H16N2O2/c1-8(2)3-4-10-6(9)5-7/h6,9H,3-5,7H2,1-2H3. The van der Waals surface area contributed by atoms with Gasteiger partial charge in [0.2, 0.25) is 0 Å². The molecule has 0 saturated carbocycles. The van der Waals surface area contributed by atoms with E-state index in [-0.39, 0.29) is 6.54 Å². The van der Waals surface area contributed by atoms with Gasteiger partial charge in [-0.3, -0.25) is 0 Å². The quantitative estimate of drug-likeness (QED) is 0.483. The molecule has 10 heavy (non-hydrogen) atoms. The number of aliphatic hydroxyl groups is 1. The summed E-state index contributed by atoms with van der Waals surface area (Å²) in [6.45, 7) is 1.48. The van der Waals surface area contributed by atoms with Gasteiger partial charge in [0.15, 0.2) is 6.29 Å². The molecule has 0 rings (SSSR count). The lowest BCUT2D eigenvalue weighted by Crippen LogP contribution is -2.27. The third kappa shape index (κ3) is 5.97. The maximum Gasteiger partial charge on any atom is 0.166 e. The summed E-state index contributed by atoms with van der Waals surface area (Å²) in [4.78, 5) is 1.98. The highest BCUT2D eigenvalue weighted by molar-refractivity contribution is 4.43. The molecule has 0 bridgehead atoms. The Morgan fingerprint density at radius 2 is 2.20 bits per heavy atom. The lowest BCUT2D eigenvalue weighted by molar-refractivity contribution is -0.0936. The molecule has 0 amide bonds. The second-order valence-corrected chi connectivity index (χ2v) is 2.36. The zero-order valence-electron chi connectivity index (χ0n) is 6.58. The molecule has 0 fully saturated rings. The van der Waals surface area contributed by atoms with Gasteiger partial charge in [0.25, 0.3) is 0 Å². The van der Waals surface area contributed by atoms with Gasteiger partial charge in [0.1, 0.15) is 0 Å². The van der Waals surface area contributed by atoms with Gasteiger partial charge in [-0.15, -0.1) is 0 Å². The minimum absolute atomic E-state index is 0.160. The number of hydrogen-bond acceptors (Lipinski definition) is 4. The van der Waals surface area contributed by atoms with Crippen LogP contribution >= 0.6 is 0 Å². The fraction of sp³-hybridized carbons (Fsp3) is 1.00. The molecule has 0 saturated heterocycles. The number of ether oxygens (including phenoxy) is 1. The highest BCUT2D eigenvalue weighted by atomic mass is 16.6. The fourth-order valence-electron chi connectivity index (χ4n) is 0.439. The van der Waals surface area contributed by atoms with Crippen molar-refractivity contribution in [2.45, 2.75) is 6.29 Å². The topological polar surface area (TPSA) is 58.7 Å². The van der Waals surface area contributed by atoms with Crippen LogP contribution in [0.1, 0.15) is 0 Å². The molecule has 4 heteroatoms. The van der Waals surface area contributed by atoms with Crippen LogP contribution in [-0.4, -0.2) is 50.1 Å². The van der Waals surface area contributed by atoms with Crippen molar-refractivity contribution in [1.82, 2.24) is 4.90 Å². The monoisotopic (exact) mass is 148 g/mol. The van der Waals surface area contributed by atoms with Crippen LogP contribution in [0.25, 0.3) is 0 Å². The van der Waals surface area contributed by atoms with Crippen molar-refractivity contribution in [2.75, 3.05) is 33.8 Å². The van der Waals surface area contributed by atoms with Gasteiger partial charge >= 0.3 is 0 Å². The lowest BCUT2D eigenvalue weighted by atomic mass is 10.6.